The number of rotatable bonds is 5. The number of carbonyl (C=O) groups is 2. The standard InChI is InChI=1S/C23H29FN4O6S/c1-23(2,3)33-22(30)27-11-9-16(10-12-27)28(15-6-7-15)21(29)19-25-20(34-26-19)14-5-8-18(17(24)13-14)35(4,31)32/h5,8,13,15-16H,6-7,9-12H2,1-4H3. The average molecular weight is 509 g/mol. The van der Waals surface area contributed by atoms with Crippen molar-refractivity contribution in [1.82, 2.24) is 19.9 Å². The lowest BCUT2D eigenvalue weighted by molar-refractivity contribution is 0.0140. The fourth-order valence-electron chi connectivity index (χ4n) is 4.11. The molecule has 0 N–H and O–H groups in total. The highest BCUT2D eigenvalue weighted by atomic mass is 32.2. The van der Waals surface area contributed by atoms with Crippen LogP contribution in [0.15, 0.2) is 27.6 Å². The van der Waals surface area contributed by atoms with E-state index in [2.05, 4.69) is 10.1 Å². The number of ether oxygens (including phenoxy) is 1. The number of carbonyl (C=O) groups excluding carboxylic acids is 2. The molecule has 12 heteroatoms. The molecule has 190 valence electrons. The Hall–Kier alpha value is -3.02. The van der Waals surface area contributed by atoms with Crippen molar-refractivity contribution < 1.29 is 31.7 Å². The van der Waals surface area contributed by atoms with E-state index in [0.29, 0.717) is 25.9 Å². The lowest BCUT2D eigenvalue weighted by atomic mass is 10.0. The third-order valence-electron chi connectivity index (χ3n) is 5.88. The lowest BCUT2D eigenvalue weighted by Gasteiger charge is -2.38. The van der Waals surface area contributed by atoms with Crippen LogP contribution in [0.2, 0.25) is 0 Å². The van der Waals surface area contributed by atoms with Crippen LogP contribution in [0.25, 0.3) is 11.5 Å². The lowest BCUT2D eigenvalue weighted by Crippen LogP contribution is -2.50. The van der Waals surface area contributed by atoms with Gasteiger partial charge >= 0.3 is 6.09 Å². The predicted octanol–water partition coefficient (Wildman–Crippen LogP) is 3.28. The number of likely N-dealkylation sites (tertiary alicyclic amines) is 1. The second-order valence-electron chi connectivity index (χ2n) is 9.98. The van der Waals surface area contributed by atoms with Gasteiger partial charge in [-0.1, -0.05) is 5.16 Å². The molecule has 0 bridgehead atoms. The molecule has 1 aliphatic heterocycles. The third kappa shape index (κ3) is 5.80. The molecule has 1 saturated carbocycles. The zero-order chi connectivity index (χ0) is 25.5. The first kappa shape index (κ1) is 25.1. The van der Waals surface area contributed by atoms with Gasteiger partial charge in [0.1, 0.15) is 16.3 Å². The summed E-state index contributed by atoms with van der Waals surface area (Å²) >= 11 is 0. The number of hydrogen-bond acceptors (Lipinski definition) is 8. The number of sulfone groups is 1. The van der Waals surface area contributed by atoms with E-state index < -0.39 is 26.2 Å². The van der Waals surface area contributed by atoms with Crippen molar-refractivity contribution >= 4 is 21.8 Å². The van der Waals surface area contributed by atoms with Crippen LogP contribution in [0.4, 0.5) is 9.18 Å². The number of hydrogen-bond donors (Lipinski definition) is 0. The molecule has 0 radical (unpaired) electrons. The summed E-state index contributed by atoms with van der Waals surface area (Å²) < 4.78 is 48.2. The molecular weight excluding hydrogens is 479 g/mol. The van der Waals surface area contributed by atoms with Crippen molar-refractivity contribution in [2.45, 2.75) is 69.0 Å². The van der Waals surface area contributed by atoms with Crippen molar-refractivity contribution in [3.8, 4) is 11.5 Å². The van der Waals surface area contributed by atoms with Gasteiger partial charge in [-0.3, -0.25) is 4.79 Å². The van der Waals surface area contributed by atoms with Gasteiger partial charge in [-0.25, -0.2) is 17.6 Å². The second kappa shape index (κ2) is 9.21. The number of piperidine rings is 1. The minimum atomic E-state index is -3.72. The Morgan fingerprint density at radius 2 is 1.77 bits per heavy atom. The summed E-state index contributed by atoms with van der Waals surface area (Å²) in [7, 11) is -3.72. The first-order valence-electron chi connectivity index (χ1n) is 11.5. The van der Waals surface area contributed by atoms with Gasteiger partial charge in [0.15, 0.2) is 9.84 Å². The van der Waals surface area contributed by atoms with Crippen LogP contribution < -0.4 is 0 Å². The van der Waals surface area contributed by atoms with E-state index in [1.165, 1.54) is 6.07 Å². The molecule has 0 atom stereocenters. The quantitative estimate of drug-likeness (QED) is 0.603. The summed E-state index contributed by atoms with van der Waals surface area (Å²) in [5.74, 6) is -1.55. The maximum absolute atomic E-state index is 14.3. The molecule has 4 rings (SSSR count). The third-order valence-corrected chi connectivity index (χ3v) is 7.01. The Labute approximate surface area is 203 Å². The molecule has 10 nitrogen and oxygen atoms in total. The SMILES string of the molecule is CC(C)(C)OC(=O)N1CCC(N(C(=O)c2noc(-c3ccc(S(C)(=O)=O)c(F)c3)n2)C2CC2)CC1. The molecule has 2 aromatic rings. The molecule has 2 heterocycles. The van der Waals surface area contributed by atoms with Crippen LogP contribution in [-0.2, 0) is 14.6 Å². The Balaban J connectivity index is 1.46. The summed E-state index contributed by atoms with van der Waals surface area (Å²) in [5.41, 5.74) is -0.404. The summed E-state index contributed by atoms with van der Waals surface area (Å²) in [6.45, 7) is 6.40. The van der Waals surface area contributed by atoms with Gasteiger partial charge < -0.3 is 19.1 Å². The molecule has 1 aromatic carbocycles. The summed E-state index contributed by atoms with van der Waals surface area (Å²) in [6, 6.07) is 3.46. The van der Waals surface area contributed by atoms with E-state index in [9.17, 15) is 22.4 Å². The normalized spacial score (nSPS) is 17.3. The zero-order valence-electron chi connectivity index (χ0n) is 20.2. The summed E-state index contributed by atoms with van der Waals surface area (Å²) in [6.07, 6.45) is 3.51. The summed E-state index contributed by atoms with van der Waals surface area (Å²) in [4.78, 5) is 32.8. The smallest absolute Gasteiger partial charge is 0.410 e. The molecule has 2 amide bonds. The number of benzene rings is 1. The minimum absolute atomic E-state index is 0.0778. The van der Waals surface area contributed by atoms with Crippen molar-refractivity contribution in [3.63, 3.8) is 0 Å². The fraction of sp³-hybridized carbons (Fsp3) is 0.565. The first-order chi connectivity index (χ1) is 16.3. The van der Waals surface area contributed by atoms with Crippen molar-refractivity contribution in [2.24, 2.45) is 0 Å². The largest absolute Gasteiger partial charge is 0.444 e. The highest BCUT2D eigenvalue weighted by molar-refractivity contribution is 7.90. The Bertz CT molecular complexity index is 1230. The Morgan fingerprint density at radius 3 is 2.31 bits per heavy atom. The monoisotopic (exact) mass is 508 g/mol. The molecule has 2 fully saturated rings. The number of halogens is 1. The fourth-order valence-corrected chi connectivity index (χ4v) is 4.84. The highest BCUT2D eigenvalue weighted by Crippen LogP contribution is 2.33. The van der Waals surface area contributed by atoms with E-state index in [4.69, 9.17) is 9.26 Å². The molecule has 35 heavy (non-hydrogen) atoms. The van der Waals surface area contributed by atoms with Crippen molar-refractivity contribution in [1.29, 1.82) is 0 Å². The maximum atomic E-state index is 14.3. The van der Waals surface area contributed by atoms with E-state index >= 15 is 0 Å². The number of nitrogens with zero attached hydrogens (tertiary/aromatic N) is 4. The van der Waals surface area contributed by atoms with E-state index in [-0.39, 0.29) is 41.4 Å². The average Bonchev–Trinajstić information content (AvgIpc) is 3.46. The molecule has 2 aliphatic rings. The topological polar surface area (TPSA) is 123 Å². The van der Waals surface area contributed by atoms with Gasteiger partial charge in [-0.05, 0) is 64.7 Å². The van der Waals surface area contributed by atoms with E-state index in [1.54, 1.807) is 9.80 Å². The van der Waals surface area contributed by atoms with Crippen molar-refractivity contribution in [3.05, 3.63) is 29.8 Å². The van der Waals surface area contributed by atoms with Gasteiger partial charge in [0, 0.05) is 37.0 Å². The van der Waals surface area contributed by atoms with Gasteiger partial charge in [-0.2, -0.15) is 4.98 Å². The van der Waals surface area contributed by atoms with Crippen LogP contribution in [0.1, 0.15) is 57.1 Å². The maximum Gasteiger partial charge on any atom is 0.410 e. The summed E-state index contributed by atoms with van der Waals surface area (Å²) in [5, 5.41) is 3.80. The van der Waals surface area contributed by atoms with Gasteiger partial charge in [0.2, 0.25) is 0 Å². The second-order valence-corrected chi connectivity index (χ2v) is 12.0. The zero-order valence-corrected chi connectivity index (χ0v) is 21.0. The molecule has 1 saturated heterocycles. The minimum Gasteiger partial charge on any atom is -0.444 e. The number of amides is 2. The van der Waals surface area contributed by atoms with E-state index in [1.807, 2.05) is 20.8 Å². The van der Waals surface area contributed by atoms with Crippen molar-refractivity contribution in [2.75, 3.05) is 19.3 Å². The van der Waals surface area contributed by atoms with E-state index in [0.717, 1.165) is 31.2 Å². The predicted molar refractivity (Wildman–Crippen MR) is 123 cm³/mol. The van der Waals surface area contributed by atoms with Gasteiger partial charge in [0.25, 0.3) is 17.6 Å². The Morgan fingerprint density at radius 1 is 1.14 bits per heavy atom. The molecule has 1 aromatic heterocycles. The van der Waals surface area contributed by atoms with Crippen LogP contribution in [-0.4, -0.2) is 77.4 Å². The van der Waals surface area contributed by atoms with Gasteiger partial charge in [-0.15, -0.1) is 0 Å². The van der Waals surface area contributed by atoms with Crippen LogP contribution in [0.5, 0.6) is 0 Å². The Kier molecular flexibility index (Phi) is 6.60. The highest BCUT2D eigenvalue weighted by Gasteiger charge is 2.41. The molecule has 0 unspecified atom stereocenters. The van der Waals surface area contributed by atoms with Crippen LogP contribution in [0.3, 0.4) is 0 Å². The van der Waals surface area contributed by atoms with Gasteiger partial charge in [0.05, 0.1) is 0 Å². The first-order valence-corrected chi connectivity index (χ1v) is 13.4. The molecule has 0 spiro atoms. The number of aromatic nitrogens is 2. The molecule has 1 aliphatic carbocycles. The van der Waals surface area contributed by atoms with Crippen LogP contribution in [0, 0.1) is 5.82 Å². The molecular formula is C23H29FN4O6S. The van der Waals surface area contributed by atoms with Crippen LogP contribution >= 0.6 is 0 Å².